The van der Waals surface area contributed by atoms with Crippen LogP contribution in [0.4, 0.5) is 0 Å². The molecule has 0 N–H and O–H groups in total. The van der Waals surface area contributed by atoms with Crippen LogP contribution >= 0.6 is 11.6 Å². The molecule has 2 aromatic carbocycles. The summed E-state index contributed by atoms with van der Waals surface area (Å²) in [7, 11) is -3.41. The number of hydrogen-bond donors (Lipinski definition) is 0. The summed E-state index contributed by atoms with van der Waals surface area (Å²) in [5.74, 6) is 0.980. The first-order valence-corrected chi connectivity index (χ1v) is 11.0. The zero-order chi connectivity index (χ0) is 17.2. The minimum atomic E-state index is -3.41. The van der Waals surface area contributed by atoms with Gasteiger partial charge in [-0.25, -0.2) is 8.42 Å². The number of hydrogen-bond acceptors (Lipinski definition) is 2. The Labute approximate surface area is 154 Å². The van der Waals surface area contributed by atoms with Crippen molar-refractivity contribution >= 4 is 21.4 Å². The fraction of sp³-hybridized carbons (Fsp3) is 0.429. The van der Waals surface area contributed by atoms with Crippen LogP contribution in [-0.2, 0) is 16.3 Å². The topological polar surface area (TPSA) is 34.1 Å². The number of fused-ring (bicyclic) bond motifs is 6. The van der Waals surface area contributed by atoms with Gasteiger partial charge in [0.15, 0.2) is 9.84 Å². The van der Waals surface area contributed by atoms with Crippen molar-refractivity contribution in [3.63, 3.8) is 0 Å². The number of sulfone groups is 1. The van der Waals surface area contributed by atoms with Crippen LogP contribution in [-0.4, -0.2) is 13.2 Å². The van der Waals surface area contributed by atoms with Crippen LogP contribution in [0.3, 0.4) is 0 Å². The number of benzene rings is 2. The van der Waals surface area contributed by atoms with Crippen molar-refractivity contribution in [1.82, 2.24) is 0 Å². The molecular weight excluding hydrogens is 352 g/mol. The third-order valence-electron chi connectivity index (χ3n) is 6.88. The number of halogens is 1. The summed E-state index contributed by atoms with van der Waals surface area (Å²) in [6.07, 6.45) is 5.27. The van der Waals surface area contributed by atoms with E-state index in [-0.39, 0.29) is 5.92 Å². The first-order valence-electron chi connectivity index (χ1n) is 9.14. The van der Waals surface area contributed by atoms with Gasteiger partial charge in [0.05, 0.1) is 9.64 Å². The molecule has 2 saturated carbocycles. The molecule has 3 aliphatic rings. The molecule has 0 spiro atoms. The van der Waals surface area contributed by atoms with E-state index in [1.807, 2.05) is 6.07 Å². The molecule has 3 aliphatic carbocycles. The summed E-state index contributed by atoms with van der Waals surface area (Å²) in [4.78, 5) is 0.429. The maximum Gasteiger partial charge on any atom is 0.185 e. The molecule has 4 heteroatoms. The number of rotatable bonds is 2. The summed E-state index contributed by atoms with van der Waals surface area (Å²) in [6, 6.07) is 15.1. The van der Waals surface area contributed by atoms with E-state index in [0.717, 1.165) is 12.8 Å². The molecule has 0 radical (unpaired) electrons. The molecule has 0 heterocycles. The normalized spacial score (nSPS) is 33.1. The highest BCUT2D eigenvalue weighted by Gasteiger charge is 2.71. The lowest BCUT2D eigenvalue weighted by molar-refractivity contribution is 0.0284. The van der Waals surface area contributed by atoms with Crippen LogP contribution in [0.15, 0.2) is 53.4 Å². The van der Waals surface area contributed by atoms with Gasteiger partial charge in [0.25, 0.3) is 0 Å². The van der Waals surface area contributed by atoms with E-state index >= 15 is 0 Å². The van der Waals surface area contributed by atoms with Crippen LogP contribution in [0.25, 0.3) is 0 Å². The van der Waals surface area contributed by atoms with Gasteiger partial charge in [-0.2, -0.15) is 0 Å². The second kappa shape index (κ2) is 5.34. The largest absolute Gasteiger partial charge is 0.223 e. The fourth-order valence-electron chi connectivity index (χ4n) is 5.97. The molecule has 0 saturated heterocycles. The second-order valence-corrected chi connectivity index (χ2v) is 10.5. The Hall–Kier alpha value is -1.32. The van der Waals surface area contributed by atoms with Gasteiger partial charge >= 0.3 is 0 Å². The van der Waals surface area contributed by atoms with Gasteiger partial charge in [0.2, 0.25) is 0 Å². The Morgan fingerprint density at radius 1 is 0.960 bits per heavy atom. The van der Waals surface area contributed by atoms with Crippen LogP contribution in [0.2, 0.25) is 5.02 Å². The van der Waals surface area contributed by atoms with E-state index < -0.39 is 14.6 Å². The van der Waals surface area contributed by atoms with Crippen molar-refractivity contribution in [2.24, 2.45) is 11.8 Å². The molecule has 0 aromatic heterocycles. The predicted molar refractivity (Wildman–Crippen MR) is 99.7 cm³/mol. The highest BCUT2D eigenvalue weighted by molar-refractivity contribution is 7.93. The molecule has 2 aromatic rings. The Morgan fingerprint density at radius 3 is 2.48 bits per heavy atom. The monoisotopic (exact) mass is 372 g/mol. The van der Waals surface area contributed by atoms with Crippen LogP contribution in [0.5, 0.6) is 0 Å². The van der Waals surface area contributed by atoms with Crippen molar-refractivity contribution in [2.45, 2.75) is 47.7 Å². The lowest BCUT2D eigenvalue weighted by atomic mass is 9.51. The van der Waals surface area contributed by atoms with E-state index in [1.54, 1.807) is 24.3 Å². The molecule has 4 atom stereocenters. The van der Waals surface area contributed by atoms with Crippen molar-refractivity contribution in [3.05, 3.63) is 64.7 Å². The molecule has 2 nitrogen and oxygen atoms in total. The summed E-state index contributed by atoms with van der Waals surface area (Å²) in [5.41, 5.74) is 2.52. The van der Waals surface area contributed by atoms with E-state index in [4.69, 9.17) is 11.6 Å². The van der Waals surface area contributed by atoms with Crippen molar-refractivity contribution < 1.29 is 8.42 Å². The Balaban J connectivity index is 1.69. The van der Waals surface area contributed by atoms with Crippen molar-refractivity contribution in [3.8, 4) is 0 Å². The third kappa shape index (κ3) is 1.94. The van der Waals surface area contributed by atoms with Gasteiger partial charge in [-0.15, -0.1) is 0 Å². The van der Waals surface area contributed by atoms with Crippen LogP contribution in [0, 0.1) is 11.8 Å². The molecular formula is C21H21ClO2S. The van der Waals surface area contributed by atoms with Crippen LogP contribution < -0.4 is 0 Å². The minimum Gasteiger partial charge on any atom is -0.223 e. The third-order valence-corrected chi connectivity index (χ3v) is 9.73. The van der Waals surface area contributed by atoms with Gasteiger partial charge in [0, 0.05) is 10.9 Å². The zero-order valence-electron chi connectivity index (χ0n) is 14.0. The van der Waals surface area contributed by atoms with Gasteiger partial charge in [-0.05, 0) is 66.5 Å². The molecule has 2 fully saturated rings. The second-order valence-electron chi connectivity index (χ2n) is 7.82. The van der Waals surface area contributed by atoms with Gasteiger partial charge in [0.1, 0.15) is 0 Å². The molecule has 0 bridgehead atoms. The first kappa shape index (κ1) is 15.9. The maximum atomic E-state index is 13.8. The lowest BCUT2D eigenvalue weighted by Crippen LogP contribution is -2.64. The van der Waals surface area contributed by atoms with Crippen LogP contribution in [0.1, 0.15) is 42.7 Å². The van der Waals surface area contributed by atoms with E-state index in [2.05, 4.69) is 18.2 Å². The summed E-state index contributed by atoms with van der Waals surface area (Å²) in [6.45, 7) is 0. The summed E-state index contributed by atoms with van der Waals surface area (Å²) < 4.78 is 27.0. The zero-order valence-corrected chi connectivity index (χ0v) is 15.6. The summed E-state index contributed by atoms with van der Waals surface area (Å²) >= 11 is 5.99. The molecule has 0 amide bonds. The molecule has 5 rings (SSSR count). The average molecular weight is 373 g/mol. The highest BCUT2D eigenvalue weighted by atomic mass is 35.5. The molecule has 130 valence electrons. The Morgan fingerprint density at radius 2 is 1.68 bits per heavy atom. The fourth-order valence-corrected chi connectivity index (χ4v) is 8.70. The van der Waals surface area contributed by atoms with Crippen molar-refractivity contribution in [2.75, 3.05) is 0 Å². The quantitative estimate of drug-likeness (QED) is 0.742. The summed E-state index contributed by atoms with van der Waals surface area (Å²) in [5, 5.41) is 0.576. The van der Waals surface area contributed by atoms with Gasteiger partial charge in [-0.1, -0.05) is 48.7 Å². The standard InChI is InChI=1S/C21H21ClO2S/c22-15-9-11-16(12-10-15)25(23,24)21-13-14-5-1-2-6-17(14)20(21)18-7-3-4-8-19(18)21/h1-2,5-6,9-12,18-20H,3-4,7-8,13H2/t18-,19+,20+,21-/m0/s1. The van der Waals surface area contributed by atoms with E-state index in [0.29, 0.717) is 28.2 Å². The minimum absolute atomic E-state index is 0.162. The Bertz CT molecular complexity index is 935. The Kier molecular flexibility index (Phi) is 3.40. The SMILES string of the molecule is O=S(=O)(c1ccc(Cl)cc1)[C@]12Cc3ccccc3[C@@H]1[C@H]1CCCC[C@H]12. The smallest absolute Gasteiger partial charge is 0.185 e. The average Bonchev–Trinajstić information content (AvgIpc) is 2.92. The predicted octanol–water partition coefficient (Wildman–Crippen LogP) is 5.01. The van der Waals surface area contributed by atoms with E-state index in [9.17, 15) is 8.42 Å². The molecule has 0 aliphatic heterocycles. The molecule has 0 unspecified atom stereocenters. The van der Waals surface area contributed by atoms with Gasteiger partial charge in [-0.3, -0.25) is 0 Å². The maximum absolute atomic E-state index is 13.8. The highest BCUT2D eigenvalue weighted by Crippen LogP contribution is 2.69. The first-order chi connectivity index (χ1) is 12.1. The van der Waals surface area contributed by atoms with E-state index in [1.165, 1.54) is 24.0 Å². The lowest BCUT2D eigenvalue weighted by Gasteiger charge is -2.60. The molecule has 25 heavy (non-hydrogen) atoms. The van der Waals surface area contributed by atoms with Gasteiger partial charge < -0.3 is 0 Å². The van der Waals surface area contributed by atoms with Crippen molar-refractivity contribution in [1.29, 1.82) is 0 Å².